The number of nitrogens with one attached hydrogen (secondary N) is 1. The van der Waals surface area contributed by atoms with Gasteiger partial charge in [-0.05, 0) is 42.2 Å². The number of hydrazine groups is 1. The molecule has 0 spiro atoms. The Kier molecular flexibility index (Phi) is 5.17. The molecule has 0 aliphatic heterocycles. The molecular formula is C16H19BrN2O. The van der Waals surface area contributed by atoms with Crippen molar-refractivity contribution in [1.82, 2.24) is 5.43 Å². The molecule has 0 bridgehead atoms. The number of hydrogen-bond acceptors (Lipinski definition) is 3. The zero-order chi connectivity index (χ0) is 14.5. The first-order chi connectivity index (χ1) is 9.65. The van der Waals surface area contributed by atoms with E-state index >= 15 is 0 Å². The zero-order valence-corrected chi connectivity index (χ0v) is 13.3. The van der Waals surface area contributed by atoms with E-state index in [1.54, 1.807) is 7.11 Å². The Balaban J connectivity index is 2.24. The quantitative estimate of drug-likeness (QED) is 0.649. The van der Waals surface area contributed by atoms with Crippen molar-refractivity contribution < 1.29 is 4.74 Å². The van der Waals surface area contributed by atoms with Crippen LogP contribution in [-0.4, -0.2) is 7.11 Å². The third kappa shape index (κ3) is 3.39. The van der Waals surface area contributed by atoms with Crippen molar-refractivity contribution in [3.05, 3.63) is 63.6 Å². The van der Waals surface area contributed by atoms with Crippen molar-refractivity contribution in [3.63, 3.8) is 0 Å². The van der Waals surface area contributed by atoms with Gasteiger partial charge in [0, 0.05) is 4.47 Å². The highest BCUT2D eigenvalue weighted by Crippen LogP contribution is 2.26. The van der Waals surface area contributed by atoms with Gasteiger partial charge in [-0.2, -0.15) is 0 Å². The minimum Gasteiger partial charge on any atom is -0.496 e. The van der Waals surface area contributed by atoms with E-state index in [4.69, 9.17) is 10.6 Å². The Labute approximate surface area is 128 Å². The van der Waals surface area contributed by atoms with E-state index in [-0.39, 0.29) is 6.04 Å². The Hall–Kier alpha value is -1.36. The van der Waals surface area contributed by atoms with Gasteiger partial charge in [-0.1, -0.05) is 46.3 Å². The van der Waals surface area contributed by atoms with E-state index in [1.165, 1.54) is 5.56 Å². The van der Waals surface area contributed by atoms with E-state index in [0.717, 1.165) is 27.8 Å². The fourth-order valence-corrected chi connectivity index (χ4v) is 2.72. The molecule has 0 aromatic heterocycles. The minimum atomic E-state index is 0.0679. The highest BCUT2D eigenvalue weighted by atomic mass is 79.9. The van der Waals surface area contributed by atoms with Gasteiger partial charge in [0.1, 0.15) is 5.75 Å². The maximum Gasteiger partial charge on any atom is 0.121 e. The normalized spacial score (nSPS) is 12.2. The number of aryl methyl sites for hydroxylation is 1. The second-order valence-electron chi connectivity index (χ2n) is 4.74. The molecule has 2 aromatic carbocycles. The lowest BCUT2D eigenvalue weighted by Crippen LogP contribution is -2.29. The number of rotatable bonds is 5. The van der Waals surface area contributed by atoms with Gasteiger partial charge in [-0.15, -0.1) is 0 Å². The molecule has 1 atom stereocenters. The van der Waals surface area contributed by atoms with Crippen LogP contribution in [0.3, 0.4) is 0 Å². The van der Waals surface area contributed by atoms with Gasteiger partial charge in [0.25, 0.3) is 0 Å². The molecule has 0 saturated carbocycles. The third-order valence-corrected chi connectivity index (χ3v) is 4.18. The second-order valence-corrected chi connectivity index (χ2v) is 5.60. The number of halogens is 1. The van der Waals surface area contributed by atoms with Crippen molar-refractivity contribution >= 4 is 15.9 Å². The Morgan fingerprint density at radius 3 is 2.60 bits per heavy atom. The maximum absolute atomic E-state index is 5.73. The van der Waals surface area contributed by atoms with Crippen LogP contribution in [0.5, 0.6) is 5.75 Å². The van der Waals surface area contributed by atoms with Gasteiger partial charge in [0.05, 0.1) is 13.2 Å². The molecule has 0 saturated heterocycles. The lowest BCUT2D eigenvalue weighted by atomic mass is 9.98. The summed E-state index contributed by atoms with van der Waals surface area (Å²) in [5.74, 6) is 6.62. The smallest absolute Gasteiger partial charge is 0.121 e. The molecule has 20 heavy (non-hydrogen) atoms. The standard InChI is InChI=1S/C16H19BrN2O/c1-11-9-13(7-8-16(11)20-2)15(19-18)10-12-5-3-4-6-14(12)17/h3-9,15,19H,10,18H2,1-2H3. The number of hydrogen-bond donors (Lipinski definition) is 2. The predicted octanol–water partition coefficient (Wildman–Crippen LogP) is 3.51. The second kappa shape index (κ2) is 6.88. The largest absolute Gasteiger partial charge is 0.496 e. The lowest BCUT2D eigenvalue weighted by molar-refractivity contribution is 0.411. The molecule has 3 N–H and O–H groups in total. The predicted molar refractivity (Wildman–Crippen MR) is 85.6 cm³/mol. The van der Waals surface area contributed by atoms with Crippen LogP contribution in [-0.2, 0) is 6.42 Å². The average Bonchev–Trinajstić information content (AvgIpc) is 2.46. The summed E-state index contributed by atoms with van der Waals surface area (Å²) in [5.41, 5.74) is 6.39. The van der Waals surface area contributed by atoms with Crippen molar-refractivity contribution in [2.24, 2.45) is 5.84 Å². The zero-order valence-electron chi connectivity index (χ0n) is 11.7. The molecule has 0 heterocycles. The molecule has 106 valence electrons. The van der Waals surface area contributed by atoms with Crippen LogP contribution in [0.2, 0.25) is 0 Å². The maximum atomic E-state index is 5.73. The summed E-state index contributed by atoms with van der Waals surface area (Å²) in [7, 11) is 1.68. The third-order valence-electron chi connectivity index (χ3n) is 3.40. The Morgan fingerprint density at radius 2 is 2.00 bits per heavy atom. The molecule has 2 rings (SSSR count). The molecule has 0 fully saturated rings. The topological polar surface area (TPSA) is 47.3 Å². The lowest BCUT2D eigenvalue weighted by Gasteiger charge is -2.18. The molecular weight excluding hydrogens is 316 g/mol. The number of methoxy groups -OCH3 is 1. The molecule has 1 unspecified atom stereocenters. The first-order valence-electron chi connectivity index (χ1n) is 6.49. The van der Waals surface area contributed by atoms with E-state index < -0.39 is 0 Å². The molecule has 0 radical (unpaired) electrons. The Bertz CT molecular complexity index is 586. The summed E-state index contributed by atoms with van der Waals surface area (Å²) >= 11 is 3.58. The highest BCUT2D eigenvalue weighted by Gasteiger charge is 2.13. The first kappa shape index (κ1) is 15.0. The molecule has 4 heteroatoms. The molecule has 3 nitrogen and oxygen atoms in total. The summed E-state index contributed by atoms with van der Waals surface area (Å²) in [5, 5.41) is 0. The fourth-order valence-electron chi connectivity index (χ4n) is 2.28. The van der Waals surface area contributed by atoms with Gasteiger partial charge in [0.2, 0.25) is 0 Å². The number of ether oxygens (including phenoxy) is 1. The van der Waals surface area contributed by atoms with E-state index in [1.807, 2.05) is 37.3 Å². The van der Waals surface area contributed by atoms with Crippen LogP contribution in [0.25, 0.3) is 0 Å². The summed E-state index contributed by atoms with van der Waals surface area (Å²) in [6, 6.07) is 14.4. The van der Waals surface area contributed by atoms with E-state index in [2.05, 4.69) is 33.5 Å². The van der Waals surface area contributed by atoms with Crippen LogP contribution in [0.4, 0.5) is 0 Å². The van der Waals surface area contributed by atoms with Crippen molar-refractivity contribution in [3.8, 4) is 5.75 Å². The minimum absolute atomic E-state index is 0.0679. The number of nitrogens with two attached hydrogens (primary N) is 1. The summed E-state index contributed by atoms with van der Waals surface area (Å²) in [4.78, 5) is 0. The van der Waals surface area contributed by atoms with E-state index in [9.17, 15) is 0 Å². The molecule has 0 aliphatic rings. The van der Waals surface area contributed by atoms with Gasteiger partial charge in [-0.3, -0.25) is 11.3 Å². The van der Waals surface area contributed by atoms with Crippen LogP contribution in [0, 0.1) is 6.92 Å². The highest BCUT2D eigenvalue weighted by molar-refractivity contribution is 9.10. The molecule has 2 aromatic rings. The Morgan fingerprint density at radius 1 is 1.25 bits per heavy atom. The summed E-state index contributed by atoms with van der Waals surface area (Å²) in [6.45, 7) is 2.04. The number of benzene rings is 2. The van der Waals surface area contributed by atoms with Gasteiger partial charge < -0.3 is 4.74 Å². The van der Waals surface area contributed by atoms with Crippen LogP contribution in [0.15, 0.2) is 46.9 Å². The summed E-state index contributed by atoms with van der Waals surface area (Å²) < 4.78 is 6.39. The first-order valence-corrected chi connectivity index (χ1v) is 7.29. The van der Waals surface area contributed by atoms with Gasteiger partial charge in [0.15, 0.2) is 0 Å². The van der Waals surface area contributed by atoms with Crippen LogP contribution < -0.4 is 16.0 Å². The SMILES string of the molecule is COc1ccc(C(Cc2ccccc2Br)NN)cc1C. The van der Waals surface area contributed by atoms with Gasteiger partial charge >= 0.3 is 0 Å². The van der Waals surface area contributed by atoms with E-state index in [0.29, 0.717) is 0 Å². The molecule has 0 aliphatic carbocycles. The van der Waals surface area contributed by atoms with Crippen molar-refractivity contribution in [2.75, 3.05) is 7.11 Å². The monoisotopic (exact) mass is 334 g/mol. The van der Waals surface area contributed by atoms with Gasteiger partial charge in [-0.25, -0.2) is 0 Å². The van der Waals surface area contributed by atoms with Crippen molar-refractivity contribution in [2.45, 2.75) is 19.4 Å². The average molecular weight is 335 g/mol. The van der Waals surface area contributed by atoms with Crippen LogP contribution in [0.1, 0.15) is 22.7 Å². The van der Waals surface area contributed by atoms with Crippen LogP contribution >= 0.6 is 15.9 Å². The van der Waals surface area contributed by atoms with Crippen molar-refractivity contribution in [1.29, 1.82) is 0 Å². The summed E-state index contributed by atoms with van der Waals surface area (Å²) in [6.07, 6.45) is 0.823. The fraction of sp³-hybridized carbons (Fsp3) is 0.250. The molecule has 0 amide bonds.